The van der Waals surface area contributed by atoms with E-state index in [-0.39, 0.29) is 6.42 Å². The fourth-order valence-corrected chi connectivity index (χ4v) is 7.46. The second-order valence-corrected chi connectivity index (χ2v) is 12.8. The maximum absolute atomic E-state index is 13.0. The summed E-state index contributed by atoms with van der Waals surface area (Å²) >= 11 is 6.09. The molecule has 3 aliphatic rings. The number of nitrogens with zero attached hydrogens (tertiary/aromatic N) is 4. The van der Waals surface area contributed by atoms with Crippen LogP contribution in [0.2, 0.25) is 5.02 Å². The molecule has 39 heavy (non-hydrogen) atoms. The molecule has 2 N–H and O–H groups in total. The van der Waals surface area contributed by atoms with Crippen molar-refractivity contribution in [2.45, 2.75) is 43.4 Å². The van der Waals surface area contributed by atoms with Crippen molar-refractivity contribution in [3.05, 3.63) is 64.8 Å². The zero-order valence-corrected chi connectivity index (χ0v) is 23.3. The van der Waals surface area contributed by atoms with E-state index in [1.807, 2.05) is 24.3 Å². The number of nitrogens with one attached hydrogen (secondary N) is 1. The maximum Gasteiger partial charge on any atom is 0.307 e. The minimum absolute atomic E-state index is 0.0226. The molecule has 10 heteroatoms. The third-order valence-electron chi connectivity index (χ3n) is 8.20. The Morgan fingerprint density at radius 3 is 2.38 bits per heavy atom. The Morgan fingerprint density at radius 1 is 1.00 bits per heavy atom. The number of rotatable bonds is 6. The molecule has 3 aromatic rings. The molecule has 2 aromatic carbocycles. The molecule has 0 aliphatic carbocycles. The van der Waals surface area contributed by atoms with E-state index in [2.05, 4.69) is 27.2 Å². The molecule has 0 saturated carbocycles. The number of halogens is 1. The van der Waals surface area contributed by atoms with Gasteiger partial charge in [0.15, 0.2) is 5.82 Å². The van der Waals surface area contributed by atoms with Gasteiger partial charge in [-0.15, -0.1) is 0 Å². The Hall–Kier alpha value is -3.17. The van der Waals surface area contributed by atoms with Crippen molar-refractivity contribution in [2.75, 3.05) is 47.0 Å². The number of anilines is 4. The van der Waals surface area contributed by atoms with Crippen molar-refractivity contribution in [1.82, 2.24) is 9.97 Å². The molecular weight excluding hydrogens is 534 g/mol. The lowest BCUT2D eigenvalue weighted by Crippen LogP contribution is -2.42. The molecule has 2 saturated heterocycles. The number of aliphatic carboxylic acids is 1. The molecular formula is C29H32ClN5O3S. The van der Waals surface area contributed by atoms with Gasteiger partial charge in [-0.1, -0.05) is 23.7 Å². The van der Waals surface area contributed by atoms with Gasteiger partial charge in [0.1, 0.15) is 4.90 Å². The number of piperidine rings is 1. The fourth-order valence-electron chi connectivity index (χ4n) is 6.01. The molecule has 0 amide bonds. The van der Waals surface area contributed by atoms with Crippen molar-refractivity contribution < 1.29 is 14.1 Å². The first-order valence-electron chi connectivity index (χ1n) is 13.5. The molecule has 2 fully saturated rings. The number of hydrogen-bond acceptors (Lipinski definition) is 7. The highest BCUT2D eigenvalue weighted by Crippen LogP contribution is 2.43. The maximum atomic E-state index is 13.0. The Morgan fingerprint density at radius 2 is 1.69 bits per heavy atom. The summed E-state index contributed by atoms with van der Waals surface area (Å²) in [6.07, 6.45) is 4.96. The Labute approximate surface area is 235 Å². The average molecular weight is 566 g/mol. The van der Waals surface area contributed by atoms with Crippen molar-refractivity contribution in [3.8, 4) is 0 Å². The third kappa shape index (κ3) is 5.61. The second kappa shape index (κ2) is 10.8. The minimum atomic E-state index is -1.15. The van der Waals surface area contributed by atoms with E-state index in [1.54, 1.807) is 12.1 Å². The summed E-state index contributed by atoms with van der Waals surface area (Å²) in [7, 11) is -1.15. The van der Waals surface area contributed by atoms with Crippen LogP contribution in [0.3, 0.4) is 0 Å². The van der Waals surface area contributed by atoms with Crippen LogP contribution in [0.1, 0.15) is 36.9 Å². The fraction of sp³-hybridized carbons (Fsp3) is 0.414. The summed E-state index contributed by atoms with van der Waals surface area (Å²) < 4.78 is 13.0. The molecule has 8 nitrogen and oxygen atoms in total. The van der Waals surface area contributed by atoms with E-state index in [0.717, 1.165) is 73.8 Å². The number of hydrogen-bond donors (Lipinski definition) is 2. The monoisotopic (exact) mass is 565 g/mol. The number of carbonyl (C=O) groups is 1. The molecule has 0 radical (unpaired) electrons. The van der Waals surface area contributed by atoms with Crippen LogP contribution >= 0.6 is 11.6 Å². The van der Waals surface area contributed by atoms with Crippen LogP contribution in [0.25, 0.3) is 0 Å². The van der Waals surface area contributed by atoms with Gasteiger partial charge >= 0.3 is 5.97 Å². The van der Waals surface area contributed by atoms with E-state index in [1.165, 1.54) is 12.1 Å². The number of aryl methyl sites for hydroxylation is 1. The van der Waals surface area contributed by atoms with Crippen molar-refractivity contribution >= 4 is 51.5 Å². The van der Waals surface area contributed by atoms with Gasteiger partial charge in [-0.05, 0) is 79.5 Å². The van der Waals surface area contributed by atoms with Crippen LogP contribution in [-0.4, -0.2) is 57.2 Å². The average Bonchev–Trinajstić information content (AvgIpc) is 3.33. The van der Waals surface area contributed by atoms with Gasteiger partial charge < -0.3 is 20.2 Å². The second-order valence-electron chi connectivity index (χ2n) is 10.8. The lowest BCUT2D eigenvalue weighted by Gasteiger charge is -2.39. The number of aromatic nitrogens is 2. The Bertz CT molecular complexity index is 1390. The molecule has 3 aliphatic heterocycles. The van der Waals surface area contributed by atoms with Crippen LogP contribution < -0.4 is 15.1 Å². The molecule has 0 unspecified atom stereocenters. The number of carboxylic acids is 1. The molecule has 0 bridgehead atoms. The lowest BCUT2D eigenvalue weighted by molar-refractivity contribution is -0.136. The highest BCUT2D eigenvalue weighted by atomic mass is 35.5. The largest absolute Gasteiger partial charge is 0.481 e. The number of fused-ring (bicyclic) bond motifs is 1. The highest BCUT2D eigenvalue weighted by molar-refractivity contribution is 7.85. The molecule has 1 spiro atoms. The quantitative estimate of drug-likeness (QED) is 0.428. The molecule has 1 atom stereocenters. The Balaban J connectivity index is 1.19. The zero-order chi connectivity index (χ0) is 27.0. The first-order valence-corrected chi connectivity index (χ1v) is 15.2. The smallest absolute Gasteiger partial charge is 0.307 e. The summed E-state index contributed by atoms with van der Waals surface area (Å²) in [5, 5.41) is 13.2. The van der Waals surface area contributed by atoms with Gasteiger partial charge in [-0.25, -0.2) is 4.98 Å². The van der Waals surface area contributed by atoms with Crippen molar-refractivity contribution in [1.29, 1.82) is 0 Å². The van der Waals surface area contributed by atoms with E-state index in [9.17, 15) is 9.00 Å². The first kappa shape index (κ1) is 26.1. The first-order chi connectivity index (χ1) is 18.9. The summed E-state index contributed by atoms with van der Waals surface area (Å²) in [6, 6.07) is 15.4. The predicted molar refractivity (Wildman–Crippen MR) is 155 cm³/mol. The van der Waals surface area contributed by atoms with Crippen molar-refractivity contribution in [3.63, 3.8) is 0 Å². The van der Waals surface area contributed by atoms with Gasteiger partial charge in [0, 0.05) is 48.3 Å². The Kier molecular flexibility index (Phi) is 7.20. The summed E-state index contributed by atoms with van der Waals surface area (Å²) in [5.74, 6) is 1.03. The topological polar surface area (TPSA) is 98.7 Å². The predicted octanol–water partition coefficient (Wildman–Crippen LogP) is 5.05. The number of benzene rings is 2. The van der Waals surface area contributed by atoms with Crippen LogP contribution in [-0.2, 0) is 28.4 Å². The molecule has 6 rings (SSSR count). The van der Waals surface area contributed by atoms with Gasteiger partial charge in [0.25, 0.3) is 0 Å². The molecule has 1 aromatic heterocycles. The van der Waals surface area contributed by atoms with Crippen LogP contribution in [0.4, 0.5) is 23.1 Å². The zero-order valence-electron chi connectivity index (χ0n) is 21.7. The van der Waals surface area contributed by atoms with E-state index in [4.69, 9.17) is 26.7 Å². The summed E-state index contributed by atoms with van der Waals surface area (Å²) in [4.78, 5) is 26.3. The normalized spacial score (nSPS) is 20.2. The van der Waals surface area contributed by atoms with Crippen LogP contribution in [0.5, 0.6) is 0 Å². The van der Waals surface area contributed by atoms with E-state index in [0.29, 0.717) is 27.8 Å². The van der Waals surface area contributed by atoms with E-state index >= 15 is 0 Å². The highest BCUT2D eigenvalue weighted by Gasteiger charge is 2.41. The summed E-state index contributed by atoms with van der Waals surface area (Å²) in [6.45, 7) is 3.89. The van der Waals surface area contributed by atoms with Crippen LogP contribution in [0.15, 0.2) is 53.4 Å². The molecule has 4 heterocycles. The van der Waals surface area contributed by atoms with Gasteiger partial charge in [-0.2, -0.15) is 4.98 Å². The standard InChI is InChI=1S/C29H32ClN5O3S/c30-21-5-9-23(10-6-21)35-16-13-29(19-35)11-14-34(15-12-29)28-32-24-2-1-17-39(38)26(24)27(33-28)31-22-7-3-20(4-8-22)18-25(36)37/h3-10H,1-2,11-19H2,(H,36,37)(H,31,32,33)/t39-/m1/s1. The minimum Gasteiger partial charge on any atom is -0.481 e. The van der Waals surface area contributed by atoms with Crippen LogP contribution in [0, 0.1) is 5.41 Å². The SMILES string of the molecule is O=C(O)Cc1ccc(Nc2nc(N3CCC4(CCN(c5ccc(Cl)cc5)C4)CC3)nc3c2[S@](=O)CCC3)cc1. The lowest BCUT2D eigenvalue weighted by atomic mass is 9.78. The molecule has 204 valence electrons. The van der Waals surface area contributed by atoms with Gasteiger partial charge in [-0.3, -0.25) is 9.00 Å². The van der Waals surface area contributed by atoms with E-state index < -0.39 is 16.8 Å². The van der Waals surface area contributed by atoms with Crippen molar-refractivity contribution in [2.24, 2.45) is 5.41 Å². The van der Waals surface area contributed by atoms with Gasteiger partial charge in [0.05, 0.1) is 22.9 Å². The number of carboxylic acid groups (broad SMARTS) is 1. The third-order valence-corrected chi connectivity index (χ3v) is 10.00. The van der Waals surface area contributed by atoms with Gasteiger partial charge in [0.2, 0.25) is 5.95 Å². The summed E-state index contributed by atoms with van der Waals surface area (Å²) in [5.41, 5.74) is 3.90.